The number of hydrogen-bond donors (Lipinski definition) is 0. The molecule has 0 spiro atoms. The number of hydrogen-bond acceptors (Lipinski definition) is 3. The van der Waals surface area contributed by atoms with E-state index in [4.69, 9.17) is 14.2 Å². The van der Waals surface area contributed by atoms with Crippen molar-refractivity contribution >= 4 is 0 Å². The lowest BCUT2D eigenvalue weighted by Crippen LogP contribution is -2.50. The summed E-state index contributed by atoms with van der Waals surface area (Å²) in [6, 6.07) is 8.18. The van der Waals surface area contributed by atoms with Crippen molar-refractivity contribution < 1.29 is 14.2 Å². The highest BCUT2D eigenvalue weighted by Crippen LogP contribution is 2.36. The van der Waals surface area contributed by atoms with Crippen LogP contribution in [0.3, 0.4) is 0 Å². The first-order valence-corrected chi connectivity index (χ1v) is 7.33. The molecule has 0 amide bonds. The van der Waals surface area contributed by atoms with Crippen LogP contribution in [0.5, 0.6) is 5.75 Å². The average molecular weight is 278 g/mol. The number of rotatable bonds is 4. The van der Waals surface area contributed by atoms with Gasteiger partial charge < -0.3 is 14.2 Å². The maximum atomic E-state index is 6.15. The van der Waals surface area contributed by atoms with Crippen LogP contribution in [0.25, 0.3) is 0 Å². The largest absolute Gasteiger partial charge is 0.497 e. The summed E-state index contributed by atoms with van der Waals surface area (Å²) in [6.45, 7) is 8.44. The summed E-state index contributed by atoms with van der Waals surface area (Å²) in [5.41, 5.74) is 1.15. The number of methoxy groups -OCH3 is 1. The SMILES string of the molecule is COc1ccc(CC[C@]2(C)O[C@H](C)CC(C)(C)O2)cc1. The minimum atomic E-state index is -0.499. The monoisotopic (exact) mass is 278 g/mol. The van der Waals surface area contributed by atoms with Crippen LogP contribution < -0.4 is 4.74 Å². The molecule has 2 rings (SSSR count). The second-order valence-corrected chi connectivity index (χ2v) is 6.48. The molecule has 0 bridgehead atoms. The Bertz CT molecular complexity index is 438. The molecular formula is C17H26O3. The molecule has 0 unspecified atom stereocenters. The first-order valence-electron chi connectivity index (χ1n) is 7.33. The molecule has 2 atom stereocenters. The van der Waals surface area contributed by atoms with Crippen LogP contribution in [-0.4, -0.2) is 24.6 Å². The zero-order valence-corrected chi connectivity index (χ0v) is 13.2. The van der Waals surface area contributed by atoms with Gasteiger partial charge in [-0.3, -0.25) is 0 Å². The number of benzene rings is 1. The van der Waals surface area contributed by atoms with E-state index in [0.717, 1.165) is 25.0 Å². The van der Waals surface area contributed by atoms with Gasteiger partial charge in [-0.2, -0.15) is 0 Å². The molecule has 0 N–H and O–H groups in total. The van der Waals surface area contributed by atoms with Crippen molar-refractivity contribution in [1.82, 2.24) is 0 Å². The fourth-order valence-corrected chi connectivity index (χ4v) is 3.08. The maximum Gasteiger partial charge on any atom is 0.166 e. The minimum Gasteiger partial charge on any atom is -0.497 e. The summed E-state index contributed by atoms with van der Waals surface area (Å²) in [5, 5.41) is 0. The third kappa shape index (κ3) is 3.97. The summed E-state index contributed by atoms with van der Waals surface area (Å²) < 4.78 is 17.4. The Balaban J connectivity index is 1.97. The fraction of sp³-hybridized carbons (Fsp3) is 0.647. The van der Waals surface area contributed by atoms with E-state index < -0.39 is 5.79 Å². The lowest BCUT2D eigenvalue weighted by atomic mass is 9.96. The summed E-state index contributed by atoms with van der Waals surface area (Å²) in [6.07, 6.45) is 2.96. The second-order valence-electron chi connectivity index (χ2n) is 6.48. The van der Waals surface area contributed by atoms with Gasteiger partial charge in [0, 0.05) is 12.8 Å². The van der Waals surface area contributed by atoms with Gasteiger partial charge in [0.1, 0.15) is 5.75 Å². The average Bonchev–Trinajstić information content (AvgIpc) is 2.34. The van der Waals surface area contributed by atoms with Gasteiger partial charge in [0.15, 0.2) is 5.79 Å². The van der Waals surface area contributed by atoms with Crippen molar-refractivity contribution in [2.45, 2.75) is 64.4 Å². The standard InChI is InChI=1S/C17H26O3/c1-13-12-16(2,3)20-17(4,19-13)11-10-14-6-8-15(18-5)9-7-14/h6-9,13H,10-12H2,1-5H3/t13-,17-/m1/s1. The van der Waals surface area contributed by atoms with Crippen molar-refractivity contribution in [1.29, 1.82) is 0 Å². The summed E-state index contributed by atoms with van der Waals surface area (Å²) >= 11 is 0. The molecule has 1 aliphatic heterocycles. The lowest BCUT2D eigenvalue weighted by Gasteiger charge is -2.46. The minimum absolute atomic E-state index is 0.119. The lowest BCUT2D eigenvalue weighted by molar-refractivity contribution is -0.332. The van der Waals surface area contributed by atoms with E-state index in [1.54, 1.807) is 7.11 Å². The Morgan fingerprint density at radius 1 is 1.20 bits per heavy atom. The Hall–Kier alpha value is -1.06. The van der Waals surface area contributed by atoms with E-state index in [9.17, 15) is 0 Å². The van der Waals surface area contributed by atoms with Gasteiger partial charge in [-0.1, -0.05) is 12.1 Å². The van der Waals surface area contributed by atoms with Crippen molar-refractivity contribution in [3.8, 4) is 5.75 Å². The molecule has 112 valence electrons. The number of aryl methyl sites for hydroxylation is 1. The second kappa shape index (κ2) is 5.74. The Labute approximate surface area is 122 Å². The molecule has 1 fully saturated rings. The predicted octanol–water partition coefficient (Wildman–Crippen LogP) is 3.95. The highest BCUT2D eigenvalue weighted by Gasteiger charge is 2.41. The third-order valence-electron chi connectivity index (χ3n) is 3.75. The highest BCUT2D eigenvalue weighted by molar-refractivity contribution is 5.27. The zero-order valence-electron chi connectivity index (χ0n) is 13.2. The summed E-state index contributed by atoms with van der Waals surface area (Å²) in [7, 11) is 1.68. The van der Waals surface area contributed by atoms with Gasteiger partial charge in [0.2, 0.25) is 0 Å². The molecule has 0 aromatic heterocycles. The van der Waals surface area contributed by atoms with Gasteiger partial charge in [-0.25, -0.2) is 0 Å². The topological polar surface area (TPSA) is 27.7 Å². The normalized spacial score (nSPS) is 29.1. The van der Waals surface area contributed by atoms with E-state index >= 15 is 0 Å². The van der Waals surface area contributed by atoms with Crippen molar-refractivity contribution in [3.63, 3.8) is 0 Å². The molecule has 1 saturated heterocycles. The number of ether oxygens (including phenoxy) is 3. The Kier molecular flexibility index (Phi) is 4.40. The molecule has 3 nitrogen and oxygen atoms in total. The van der Waals surface area contributed by atoms with Crippen molar-refractivity contribution in [2.75, 3.05) is 7.11 Å². The van der Waals surface area contributed by atoms with Crippen LogP contribution in [-0.2, 0) is 15.9 Å². The Morgan fingerprint density at radius 3 is 2.40 bits per heavy atom. The quantitative estimate of drug-likeness (QED) is 0.834. The van der Waals surface area contributed by atoms with Crippen LogP contribution in [0.4, 0.5) is 0 Å². The summed E-state index contributed by atoms with van der Waals surface area (Å²) in [4.78, 5) is 0. The third-order valence-corrected chi connectivity index (χ3v) is 3.75. The van der Waals surface area contributed by atoms with Gasteiger partial charge in [-0.05, 0) is 51.8 Å². The maximum absolute atomic E-state index is 6.15. The molecule has 1 aromatic carbocycles. The van der Waals surface area contributed by atoms with Crippen LogP contribution in [0, 0.1) is 0 Å². The van der Waals surface area contributed by atoms with E-state index in [0.29, 0.717) is 0 Å². The molecule has 0 aliphatic carbocycles. The predicted molar refractivity (Wildman–Crippen MR) is 80.0 cm³/mol. The molecule has 20 heavy (non-hydrogen) atoms. The van der Waals surface area contributed by atoms with Gasteiger partial charge in [-0.15, -0.1) is 0 Å². The molecule has 0 radical (unpaired) electrons. The summed E-state index contributed by atoms with van der Waals surface area (Å²) in [5.74, 6) is 0.390. The van der Waals surface area contributed by atoms with E-state index in [1.165, 1.54) is 5.56 Å². The fourth-order valence-electron chi connectivity index (χ4n) is 3.08. The van der Waals surface area contributed by atoms with Crippen LogP contribution >= 0.6 is 0 Å². The Morgan fingerprint density at radius 2 is 1.85 bits per heavy atom. The zero-order chi connectivity index (χ0) is 14.8. The van der Waals surface area contributed by atoms with E-state index in [1.807, 2.05) is 19.1 Å². The van der Waals surface area contributed by atoms with Crippen molar-refractivity contribution in [2.24, 2.45) is 0 Å². The van der Waals surface area contributed by atoms with Crippen LogP contribution in [0.2, 0.25) is 0 Å². The first-order chi connectivity index (χ1) is 9.32. The van der Waals surface area contributed by atoms with E-state index in [2.05, 4.69) is 32.9 Å². The molecular weight excluding hydrogens is 252 g/mol. The molecule has 1 aliphatic rings. The molecule has 0 saturated carbocycles. The van der Waals surface area contributed by atoms with Gasteiger partial charge in [0.25, 0.3) is 0 Å². The van der Waals surface area contributed by atoms with E-state index in [-0.39, 0.29) is 11.7 Å². The molecule has 1 aromatic rings. The molecule has 3 heteroatoms. The molecule has 1 heterocycles. The first kappa shape index (κ1) is 15.3. The smallest absolute Gasteiger partial charge is 0.166 e. The highest BCUT2D eigenvalue weighted by atomic mass is 16.7. The van der Waals surface area contributed by atoms with Gasteiger partial charge >= 0.3 is 0 Å². The van der Waals surface area contributed by atoms with Crippen LogP contribution in [0.15, 0.2) is 24.3 Å². The van der Waals surface area contributed by atoms with Gasteiger partial charge in [0.05, 0.1) is 18.8 Å². The van der Waals surface area contributed by atoms with Crippen LogP contribution in [0.1, 0.15) is 46.1 Å². The van der Waals surface area contributed by atoms with Crippen molar-refractivity contribution in [3.05, 3.63) is 29.8 Å².